The topological polar surface area (TPSA) is 83.5 Å². The Labute approximate surface area is 124 Å². The van der Waals surface area contributed by atoms with Gasteiger partial charge < -0.3 is 5.11 Å². The molecule has 0 fully saturated rings. The first-order valence-corrected chi connectivity index (χ1v) is 8.85. The van der Waals surface area contributed by atoms with Gasteiger partial charge in [-0.3, -0.25) is 0 Å². The first-order valence-electron chi connectivity index (χ1n) is 5.67. The summed E-state index contributed by atoms with van der Waals surface area (Å²) >= 11 is 2.44. The Morgan fingerprint density at radius 3 is 2.55 bits per heavy atom. The van der Waals surface area contributed by atoms with Crippen LogP contribution in [0, 0.1) is 13.8 Å². The predicted molar refractivity (Wildman–Crippen MR) is 79.1 cm³/mol. The average Bonchev–Trinajstić information content (AvgIpc) is 2.96. The van der Waals surface area contributed by atoms with E-state index in [0.29, 0.717) is 0 Å². The molecule has 0 saturated heterocycles. The van der Waals surface area contributed by atoms with Gasteiger partial charge >= 0.3 is 5.97 Å². The third-order valence-electron chi connectivity index (χ3n) is 2.75. The standard InChI is InChI=1S/C12H13NO4S3/c1-7-3-9(19-8(7)2)5-13-20(16,17)10-4-11(12(14)15)18-6-10/h3-4,6,13H,5H2,1-2H3,(H,14,15). The molecule has 2 aromatic heterocycles. The quantitative estimate of drug-likeness (QED) is 0.882. The van der Waals surface area contributed by atoms with Crippen LogP contribution in [0.4, 0.5) is 0 Å². The maximum Gasteiger partial charge on any atom is 0.345 e. The van der Waals surface area contributed by atoms with Gasteiger partial charge in [-0.2, -0.15) is 0 Å². The van der Waals surface area contributed by atoms with Crippen molar-refractivity contribution >= 4 is 38.7 Å². The number of hydrogen-bond donors (Lipinski definition) is 2. The zero-order chi connectivity index (χ0) is 14.9. The molecule has 2 heterocycles. The molecular formula is C12H13NO4S3. The van der Waals surface area contributed by atoms with Gasteiger partial charge in [-0.15, -0.1) is 22.7 Å². The Morgan fingerprint density at radius 1 is 1.35 bits per heavy atom. The van der Waals surface area contributed by atoms with Crippen LogP contribution in [0.2, 0.25) is 0 Å². The Bertz CT molecular complexity index is 723. The number of aromatic carboxylic acids is 1. The van der Waals surface area contributed by atoms with E-state index in [2.05, 4.69) is 4.72 Å². The largest absolute Gasteiger partial charge is 0.477 e. The molecular weight excluding hydrogens is 318 g/mol. The molecule has 0 aromatic carbocycles. The Hall–Kier alpha value is -1.22. The number of nitrogens with one attached hydrogen (secondary N) is 1. The summed E-state index contributed by atoms with van der Waals surface area (Å²) in [5, 5.41) is 10.1. The summed E-state index contributed by atoms with van der Waals surface area (Å²) < 4.78 is 26.6. The van der Waals surface area contributed by atoms with Gasteiger partial charge in [-0.05, 0) is 31.5 Å². The molecule has 2 aromatic rings. The van der Waals surface area contributed by atoms with Gasteiger partial charge in [0.05, 0.1) is 4.90 Å². The van der Waals surface area contributed by atoms with Crippen molar-refractivity contribution in [3.8, 4) is 0 Å². The van der Waals surface area contributed by atoms with Crippen LogP contribution in [0.15, 0.2) is 22.4 Å². The number of carboxylic acids is 1. The highest BCUT2D eigenvalue weighted by Crippen LogP contribution is 2.22. The van der Waals surface area contributed by atoms with E-state index in [4.69, 9.17) is 5.11 Å². The fourth-order valence-corrected chi connectivity index (χ4v) is 4.76. The monoisotopic (exact) mass is 331 g/mol. The third-order valence-corrected chi connectivity index (χ3v) is 6.35. The van der Waals surface area contributed by atoms with Crippen molar-refractivity contribution < 1.29 is 18.3 Å². The van der Waals surface area contributed by atoms with Crippen molar-refractivity contribution in [2.45, 2.75) is 25.3 Å². The van der Waals surface area contributed by atoms with Crippen LogP contribution < -0.4 is 4.72 Å². The van der Waals surface area contributed by atoms with Crippen molar-refractivity contribution in [2.24, 2.45) is 0 Å². The van der Waals surface area contributed by atoms with Gasteiger partial charge in [-0.25, -0.2) is 17.9 Å². The van der Waals surface area contributed by atoms with Gasteiger partial charge in [0, 0.05) is 21.7 Å². The second-order valence-electron chi connectivity index (χ2n) is 4.23. The minimum atomic E-state index is -3.67. The lowest BCUT2D eigenvalue weighted by atomic mass is 10.3. The molecule has 2 rings (SSSR count). The van der Waals surface area contributed by atoms with Crippen LogP contribution in [0.3, 0.4) is 0 Å². The SMILES string of the molecule is Cc1cc(CNS(=O)(=O)c2csc(C(=O)O)c2)sc1C. The number of carbonyl (C=O) groups is 1. The molecule has 2 N–H and O–H groups in total. The third kappa shape index (κ3) is 3.26. The van der Waals surface area contributed by atoms with E-state index >= 15 is 0 Å². The number of sulfonamides is 1. The highest BCUT2D eigenvalue weighted by atomic mass is 32.2. The lowest BCUT2D eigenvalue weighted by Crippen LogP contribution is -2.22. The minimum absolute atomic E-state index is 0.00758. The fraction of sp³-hybridized carbons (Fsp3) is 0.250. The summed E-state index contributed by atoms with van der Waals surface area (Å²) in [6.45, 7) is 4.16. The van der Waals surface area contributed by atoms with Gasteiger partial charge in [0.25, 0.3) is 0 Å². The minimum Gasteiger partial charge on any atom is -0.477 e. The highest BCUT2D eigenvalue weighted by Gasteiger charge is 2.18. The molecule has 0 aliphatic rings. The molecule has 0 radical (unpaired) electrons. The molecule has 5 nitrogen and oxygen atoms in total. The summed E-state index contributed by atoms with van der Waals surface area (Å²) in [5.41, 5.74) is 1.13. The van der Waals surface area contributed by atoms with Crippen LogP contribution in [0.25, 0.3) is 0 Å². The normalized spacial score (nSPS) is 11.7. The van der Waals surface area contributed by atoms with E-state index in [1.807, 2.05) is 19.9 Å². The molecule has 108 valence electrons. The second kappa shape index (κ2) is 5.65. The zero-order valence-electron chi connectivity index (χ0n) is 10.8. The molecule has 0 atom stereocenters. The van der Waals surface area contributed by atoms with Gasteiger partial charge in [0.2, 0.25) is 10.0 Å². The van der Waals surface area contributed by atoms with Crippen molar-refractivity contribution in [1.29, 1.82) is 0 Å². The Balaban J connectivity index is 2.12. The molecule has 0 amide bonds. The highest BCUT2D eigenvalue weighted by molar-refractivity contribution is 7.89. The maximum absolute atomic E-state index is 12.0. The molecule has 0 bridgehead atoms. The summed E-state index contributed by atoms with van der Waals surface area (Å²) in [6.07, 6.45) is 0. The molecule has 0 unspecified atom stereocenters. The molecule has 8 heteroatoms. The van der Waals surface area contributed by atoms with Crippen LogP contribution in [-0.4, -0.2) is 19.5 Å². The van der Waals surface area contributed by atoms with E-state index < -0.39 is 16.0 Å². The lowest BCUT2D eigenvalue weighted by molar-refractivity contribution is 0.0702. The van der Waals surface area contributed by atoms with Crippen LogP contribution in [0.1, 0.15) is 25.0 Å². The first kappa shape index (κ1) is 15.2. The van der Waals surface area contributed by atoms with Gasteiger partial charge in [0.1, 0.15) is 4.88 Å². The summed E-state index contributed by atoms with van der Waals surface area (Å²) in [5.74, 6) is -1.12. The van der Waals surface area contributed by atoms with E-state index in [1.54, 1.807) is 11.3 Å². The van der Waals surface area contributed by atoms with Crippen molar-refractivity contribution in [1.82, 2.24) is 4.72 Å². The Kier molecular flexibility index (Phi) is 4.28. The molecule has 0 spiro atoms. The summed E-state index contributed by atoms with van der Waals surface area (Å²) in [7, 11) is -3.67. The number of hydrogen-bond acceptors (Lipinski definition) is 5. The predicted octanol–water partition coefficient (Wildman–Crippen LogP) is 2.60. The first-order chi connectivity index (χ1) is 9.29. The molecule has 0 aliphatic carbocycles. The zero-order valence-corrected chi connectivity index (χ0v) is 13.3. The second-order valence-corrected chi connectivity index (χ2v) is 8.25. The van der Waals surface area contributed by atoms with Crippen LogP contribution in [0.5, 0.6) is 0 Å². The smallest absolute Gasteiger partial charge is 0.345 e. The molecule has 0 aliphatic heterocycles. The molecule has 0 saturated carbocycles. The Morgan fingerprint density at radius 2 is 2.05 bits per heavy atom. The van der Waals surface area contributed by atoms with E-state index in [1.165, 1.54) is 11.4 Å². The van der Waals surface area contributed by atoms with E-state index in [0.717, 1.165) is 26.7 Å². The van der Waals surface area contributed by atoms with Gasteiger partial charge in [-0.1, -0.05) is 0 Å². The lowest BCUT2D eigenvalue weighted by Gasteiger charge is -2.02. The van der Waals surface area contributed by atoms with Gasteiger partial charge in [0.15, 0.2) is 0 Å². The van der Waals surface area contributed by atoms with Crippen LogP contribution >= 0.6 is 22.7 Å². The fourth-order valence-electron chi connectivity index (χ4n) is 1.56. The van der Waals surface area contributed by atoms with E-state index in [-0.39, 0.29) is 16.3 Å². The number of rotatable bonds is 5. The average molecular weight is 331 g/mol. The summed E-state index contributed by atoms with van der Waals surface area (Å²) in [4.78, 5) is 12.8. The van der Waals surface area contributed by atoms with E-state index in [9.17, 15) is 13.2 Å². The number of aryl methyl sites for hydroxylation is 2. The van der Waals surface area contributed by atoms with Crippen LogP contribution in [-0.2, 0) is 16.6 Å². The number of carboxylic acid groups (broad SMARTS) is 1. The summed E-state index contributed by atoms with van der Waals surface area (Å²) in [6, 6.07) is 3.11. The van der Waals surface area contributed by atoms with Crippen molar-refractivity contribution in [3.05, 3.63) is 37.7 Å². The van der Waals surface area contributed by atoms with Crippen molar-refractivity contribution in [2.75, 3.05) is 0 Å². The number of thiophene rings is 2. The molecule has 20 heavy (non-hydrogen) atoms. The maximum atomic E-state index is 12.0. The van der Waals surface area contributed by atoms with Crippen molar-refractivity contribution in [3.63, 3.8) is 0 Å².